The average Bonchev–Trinajstić information content (AvgIpc) is 2.61. The van der Waals surface area contributed by atoms with Gasteiger partial charge in [0.2, 0.25) is 0 Å². The second kappa shape index (κ2) is 8.57. The zero-order chi connectivity index (χ0) is 17.4. The Kier molecular flexibility index (Phi) is 6.19. The van der Waals surface area contributed by atoms with Crippen molar-refractivity contribution in [2.45, 2.75) is 6.92 Å². The monoisotopic (exact) mass is 328 g/mol. The lowest BCUT2D eigenvalue weighted by molar-refractivity contribution is -0.118. The molecule has 24 heavy (non-hydrogen) atoms. The number of hydrogen-bond acceptors (Lipinski definition) is 4. The third-order valence-corrected chi connectivity index (χ3v) is 3.14. The van der Waals surface area contributed by atoms with Crippen molar-refractivity contribution < 1.29 is 19.1 Å². The molecular formula is C18H20N2O4. The van der Waals surface area contributed by atoms with Crippen LogP contribution >= 0.6 is 0 Å². The van der Waals surface area contributed by atoms with Crippen LogP contribution in [0.25, 0.3) is 0 Å². The van der Waals surface area contributed by atoms with Crippen molar-refractivity contribution in [1.82, 2.24) is 5.32 Å². The Morgan fingerprint density at radius 2 is 1.67 bits per heavy atom. The van der Waals surface area contributed by atoms with E-state index in [1.807, 2.05) is 6.92 Å². The van der Waals surface area contributed by atoms with Gasteiger partial charge in [-0.3, -0.25) is 9.59 Å². The van der Waals surface area contributed by atoms with E-state index in [4.69, 9.17) is 9.47 Å². The van der Waals surface area contributed by atoms with Gasteiger partial charge in [-0.15, -0.1) is 0 Å². The van der Waals surface area contributed by atoms with E-state index in [0.717, 1.165) is 5.75 Å². The second-order valence-corrected chi connectivity index (χ2v) is 4.90. The van der Waals surface area contributed by atoms with Crippen LogP contribution in [0, 0.1) is 0 Å². The molecule has 126 valence electrons. The summed E-state index contributed by atoms with van der Waals surface area (Å²) >= 11 is 0. The van der Waals surface area contributed by atoms with Crippen LogP contribution in [-0.4, -0.2) is 32.1 Å². The molecule has 0 aliphatic carbocycles. The first kappa shape index (κ1) is 17.3. The number of carbonyl (C=O) groups excluding carboxylic acids is 2. The summed E-state index contributed by atoms with van der Waals surface area (Å²) in [4.78, 5) is 23.5. The van der Waals surface area contributed by atoms with Crippen LogP contribution in [0.15, 0.2) is 48.5 Å². The molecule has 0 saturated carbocycles. The summed E-state index contributed by atoms with van der Waals surface area (Å²) in [6, 6.07) is 13.7. The largest absolute Gasteiger partial charge is 0.494 e. The number of rotatable bonds is 7. The predicted octanol–water partition coefficient (Wildman–Crippen LogP) is 2.46. The summed E-state index contributed by atoms with van der Waals surface area (Å²) in [6.07, 6.45) is 0. The molecule has 6 heteroatoms. The van der Waals surface area contributed by atoms with Crippen molar-refractivity contribution in [2.75, 3.05) is 25.6 Å². The van der Waals surface area contributed by atoms with E-state index < -0.39 is 0 Å². The molecule has 2 amide bonds. The third kappa shape index (κ3) is 5.01. The van der Waals surface area contributed by atoms with Crippen molar-refractivity contribution in [3.63, 3.8) is 0 Å². The smallest absolute Gasteiger partial charge is 0.262 e. The minimum atomic E-state index is -0.307. The van der Waals surface area contributed by atoms with Gasteiger partial charge < -0.3 is 20.1 Å². The van der Waals surface area contributed by atoms with E-state index in [0.29, 0.717) is 23.6 Å². The Bertz CT molecular complexity index is 698. The van der Waals surface area contributed by atoms with Gasteiger partial charge in [0.05, 0.1) is 6.61 Å². The number of nitrogens with one attached hydrogen (secondary N) is 2. The molecular weight excluding hydrogens is 308 g/mol. The highest BCUT2D eigenvalue weighted by Gasteiger charge is 2.07. The molecule has 0 bridgehead atoms. The van der Waals surface area contributed by atoms with E-state index >= 15 is 0 Å². The molecule has 0 aliphatic heterocycles. The number of ether oxygens (including phenoxy) is 2. The SMILES string of the molecule is CCOc1ccc(OCC(=O)Nc2cccc(C(=O)NC)c2)cc1. The summed E-state index contributed by atoms with van der Waals surface area (Å²) in [5, 5.41) is 5.23. The van der Waals surface area contributed by atoms with Gasteiger partial charge in [-0.2, -0.15) is 0 Å². The van der Waals surface area contributed by atoms with Crippen LogP contribution in [0.3, 0.4) is 0 Å². The van der Waals surface area contributed by atoms with Gasteiger partial charge in [-0.05, 0) is 49.4 Å². The molecule has 0 aliphatic rings. The topological polar surface area (TPSA) is 76.7 Å². The first-order chi connectivity index (χ1) is 11.6. The second-order valence-electron chi connectivity index (χ2n) is 4.90. The van der Waals surface area contributed by atoms with Gasteiger partial charge >= 0.3 is 0 Å². The molecule has 0 radical (unpaired) electrons. The Balaban J connectivity index is 1.88. The van der Waals surface area contributed by atoms with E-state index in [9.17, 15) is 9.59 Å². The van der Waals surface area contributed by atoms with Crippen molar-refractivity contribution in [3.8, 4) is 11.5 Å². The molecule has 0 aromatic heterocycles. The zero-order valence-electron chi connectivity index (χ0n) is 13.7. The molecule has 0 unspecified atom stereocenters. The van der Waals surface area contributed by atoms with Crippen LogP contribution in [-0.2, 0) is 4.79 Å². The summed E-state index contributed by atoms with van der Waals surface area (Å²) in [6.45, 7) is 2.38. The first-order valence-electron chi connectivity index (χ1n) is 7.60. The summed E-state index contributed by atoms with van der Waals surface area (Å²) in [7, 11) is 1.55. The standard InChI is InChI=1S/C18H20N2O4/c1-3-23-15-7-9-16(10-8-15)24-12-17(21)20-14-6-4-5-13(11-14)18(22)19-2/h4-11H,3,12H2,1-2H3,(H,19,22)(H,20,21). The fourth-order valence-electron chi connectivity index (χ4n) is 2.03. The van der Waals surface area contributed by atoms with Gasteiger partial charge in [0.25, 0.3) is 11.8 Å². The van der Waals surface area contributed by atoms with Crippen LogP contribution in [0.4, 0.5) is 5.69 Å². The molecule has 2 aromatic carbocycles. The van der Waals surface area contributed by atoms with E-state index in [-0.39, 0.29) is 18.4 Å². The summed E-state index contributed by atoms with van der Waals surface area (Å²) < 4.78 is 10.8. The van der Waals surface area contributed by atoms with Crippen LogP contribution in [0.2, 0.25) is 0 Å². The molecule has 0 spiro atoms. The van der Waals surface area contributed by atoms with Crippen molar-refractivity contribution in [1.29, 1.82) is 0 Å². The summed E-state index contributed by atoms with van der Waals surface area (Å²) in [5.74, 6) is 0.808. The zero-order valence-corrected chi connectivity index (χ0v) is 13.7. The molecule has 2 aromatic rings. The maximum absolute atomic E-state index is 11.9. The van der Waals surface area contributed by atoms with Crippen molar-refractivity contribution in [2.24, 2.45) is 0 Å². The average molecular weight is 328 g/mol. The van der Waals surface area contributed by atoms with E-state index in [2.05, 4.69) is 10.6 Å². The van der Waals surface area contributed by atoms with Crippen molar-refractivity contribution in [3.05, 3.63) is 54.1 Å². The predicted molar refractivity (Wildman–Crippen MR) is 91.6 cm³/mol. The van der Waals surface area contributed by atoms with Gasteiger partial charge in [0.1, 0.15) is 11.5 Å². The maximum atomic E-state index is 11.9. The number of hydrogen-bond donors (Lipinski definition) is 2. The lowest BCUT2D eigenvalue weighted by Gasteiger charge is -2.09. The fourth-order valence-corrected chi connectivity index (χ4v) is 2.03. The fraction of sp³-hybridized carbons (Fsp3) is 0.222. The third-order valence-electron chi connectivity index (χ3n) is 3.14. The highest BCUT2D eigenvalue weighted by Crippen LogP contribution is 2.17. The van der Waals surface area contributed by atoms with Gasteiger partial charge in [0.15, 0.2) is 6.61 Å². The number of benzene rings is 2. The number of anilines is 1. The highest BCUT2D eigenvalue weighted by molar-refractivity contribution is 5.97. The molecule has 2 rings (SSSR count). The molecule has 0 saturated heterocycles. The minimum Gasteiger partial charge on any atom is -0.494 e. The highest BCUT2D eigenvalue weighted by atomic mass is 16.5. The molecule has 0 heterocycles. The Morgan fingerprint density at radius 1 is 1.00 bits per heavy atom. The lowest BCUT2D eigenvalue weighted by atomic mass is 10.2. The quantitative estimate of drug-likeness (QED) is 0.818. The lowest BCUT2D eigenvalue weighted by Crippen LogP contribution is -2.21. The molecule has 0 fully saturated rings. The van der Waals surface area contributed by atoms with Crippen molar-refractivity contribution >= 4 is 17.5 Å². The van der Waals surface area contributed by atoms with Gasteiger partial charge in [0, 0.05) is 18.3 Å². The van der Waals surface area contributed by atoms with Gasteiger partial charge in [-0.1, -0.05) is 6.07 Å². The number of amides is 2. The Hall–Kier alpha value is -3.02. The molecule has 0 atom stereocenters. The minimum absolute atomic E-state index is 0.127. The van der Waals surface area contributed by atoms with E-state index in [1.165, 1.54) is 0 Å². The van der Waals surface area contributed by atoms with Crippen LogP contribution < -0.4 is 20.1 Å². The molecule has 6 nitrogen and oxygen atoms in total. The summed E-state index contributed by atoms with van der Waals surface area (Å²) in [5.41, 5.74) is 1.01. The Labute approximate surface area is 140 Å². The van der Waals surface area contributed by atoms with Crippen LogP contribution in [0.1, 0.15) is 17.3 Å². The first-order valence-corrected chi connectivity index (χ1v) is 7.60. The van der Waals surface area contributed by atoms with Gasteiger partial charge in [-0.25, -0.2) is 0 Å². The van der Waals surface area contributed by atoms with E-state index in [1.54, 1.807) is 55.6 Å². The number of carbonyl (C=O) groups is 2. The maximum Gasteiger partial charge on any atom is 0.262 e. The molecule has 2 N–H and O–H groups in total. The normalized spacial score (nSPS) is 9.92. The van der Waals surface area contributed by atoms with Crippen LogP contribution in [0.5, 0.6) is 11.5 Å². The Morgan fingerprint density at radius 3 is 2.29 bits per heavy atom.